The van der Waals surface area contributed by atoms with Gasteiger partial charge in [-0.2, -0.15) is 0 Å². The minimum absolute atomic E-state index is 0.161. The lowest BCUT2D eigenvalue weighted by Gasteiger charge is -2.33. The molecule has 2 amide bonds. The molecule has 2 aromatic carbocycles. The van der Waals surface area contributed by atoms with Gasteiger partial charge in [-0.3, -0.25) is 13.9 Å². The molecule has 0 heterocycles. The third kappa shape index (κ3) is 7.11. The number of hydrogen-bond donors (Lipinski definition) is 1. The van der Waals surface area contributed by atoms with Crippen LogP contribution in [-0.2, 0) is 26.2 Å². The Labute approximate surface area is 208 Å². The summed E-state index contributed by atoms with van der Waals surface area (Å²) in [5.74, 6) is -0.124. The molecule has 2 rings (SSSR count). The van der Waals surface area contributed by atoms with Crippen LogP contribution in [0.15, 0.2) is 42.5 Å². The Bertz CT molecular complexity index is 1140. The molecule has 0 aliphatic carbocycles. The van der Waals surface area contributed by atoms with E-state index in [-0.39, 0.29) is 23.9 Å². The lowest BCUT2D eigenvalue weighted by atomic mass is 10.1. The summed E-state index contributed by atoms with van der Waals surface area (Å²) in [6, 6.07) is 11.5. The molecule has 0 aromatic heterocycles. The number of carbonyl (C=O) groups is 2. The van der Waals surface area contributed by atoms with E-state index in [1.807, 2.05) is 38.1 Å². The van der Waals surface area contributed by atoms with E-state index in [9.17, 15) is 18.0 Å². The van der Waals surface area contributed by atoms with Crippen LogP contribution in [0.4, 0.5) is 5.69 Å². The number of ether oxygens (including phenoxy) is 2. The van der Waals surface area contributed by atoms with Gasteiger partial charge in [-0.1, -0.05) is 31.2 Å². The van der Waals surface area contributed by atoms with Gasteiger partial charge in [-0.25, -0.2) is 8.42 Å². The van der Waals surface area contributed by atoms with Crippen LogP contribution in [0.25, 0.3) is 0 Å². The molecule has 0 unspecified atom stereocenters. The Hall–Kier alpha value is -3.27. The van der Waals surface area contributed by atoms with Gasteiger partial charge in [0.15, 0.2) is 0 Å². The van der Waals surface area contributed by atoms with E-state index < -0.39 is 28.5 Å². The summed E-state index contributed by atoms with van der Waals surface area (Å²) in [6.07, 6.45) is 1.39. The van der Waals surface area contributed by atoms with Gasteiger partial charge in [0.1, 0.15) is 24.1 Å². The molecule has 9 nitrogen and oxygen atoms in total. The number of methoxy groups -OCH3 is 2. The number of nitrogens with zero attached hydrogens (tertiary/aromatic N) is 2. The third-order valence-electron chi connectivity index (χ3n) is 5.67. The predicted octanol–water partition coefficient (Wildman–Crippen LogP) is 2.72. The number of sulfonamides is 1. The quantitative estimate of drug-likeness (QED) is 0.476. The van der Waals surface area contributed by atoms with Crippen LogP contribution in [0.1, 0.15) is 31.4 Å². The smallest absolute Gasteiger partial charge is 0.244 e. The summed E-state index contributed by atoms with van der Waals surface area (Å²) in [5.41, 5.74) is 2.00. The summed E-state index contributed by atoms with van der Waals surface area (Å²) in [4.78, 5) is 28.0. The molecule has 0 bridgehead atoms. The Morgan fingerprint density at radius 2 is 1.74 bits per heavy atom. The van der Waals surface area contributed by atoms with Gasteiger partial charge in [-0.05, 0) is 43.5 Å². The number of amides is 2. The zero-order valence-electron chi connectivity index (χ0n) is 21.2. The van der Waals surface area contributed by atoms with E-state index in [1.165, 1.54) is 25.2 Å². The molecule has 0 aliphatic heterocycles. The topological polar surface area (TPSA) is 105 Å². The minimum atomic E-state index is -3.90. The second-order valence-electron chi connectivity index (χ2n) is 8.07. The Balaban J connectivity index is 2.54. The highest BCUT2D eigenvalue weighted by atomic mass is 32.2. The zero-order chi connectivity index (χ0) is 26.2. The summed E-state index contributed by atoms with van der Waals surface area (Å²) in [6.45, 7) is 5.61. The number of anilines is 1. The minimum Gasteiger partial charge on any atom is -0.497 e. The Morgan fingerprint density at radius 3 is 2.29 bits per heavy atom. The molecule has 1 atom stereocenters. The fourth-order valence-electron chi connectivity index (χ4n) is 3.77. The maximum absolute atomic E-state index is 13.7. The first-order valence-corrected chi connectivity index (χ1v) is 13.2. The van der Waals surface area contributed by atoms with E-state index in [1.54, 1.807) is 19.1 Å². The summed E-state index contributed by atoms with van der Waals surface area (Å²) < 4.78 is 37.2. The van der Waals surface area contributed by atoms with Crippen LogP contribution < -0.4 is 19.1 Å². The first kappa shape index (κ1) is 28.0. The molecule has 0 fully saturated rings. The Morgan fingerprint density at radius 1 is 1.06 bits per heavy atom. The van der Waals surface area contributed by atoms with Gasteiger partial charge >= 0.3 is 0 Å². The van der Waals surface area contributed by atoms with Gasteiger partial charge in [0, 0.05) is 19.2 Å². The van der Waals surface area contributed by atoms with Gasteiger partial charge in [0.2, 0.25) is 21.8 Å². The lowest BCUT2D eigenvalue weighted by molar-refractivity contribution is -0.140. The maximum atomic E-state index is 13.7. The average Bonchev–Trinajstić information content (AvgIpc) is 2.82. The highest BCUT2D eigenvalue weighted by Crippen LogP contribution is 2.34. The molecule has 0 aliphatic rings. The number of aryl methyl sites for hydroxylation is 1. The first-order valence-electron chi connectivity index (χ1n) is 11.4. The average molecular weight is 506 g/mol. The fraction of sp³-hybridized carbons (Fsp3) is 0.440. The van der Waals surface area contributed by atoms with Crippen LogP contribution in [0, 0.1) is 6.92 Å². The largest absolute Gasteiger partial charge is 0.497 e. The van der Waals surface area contributed by atoms with Gasteiger partial charge < -0.3 is 19.7 Å². The second kappa shape index (κ2) is 12.4. The second-order valence-corrected chi connectivity index (χ2v) is 9.98. The van der Waals surface area contributed by atoms with Crippen molar-refractivity contribution in [2.45, 2.75) is 39.8 Å². The molecule has 0 saturated heterocycles. The van der Waals surface area contributed by atoms with Crippen LogP contribution in [0.5, 0.6) is 11.5 Å². The van der Waals surface area contributed by atoms with Crippen molar-refractivity contribution in [1.82, 2.24) is 10.2 Å². The normalized spacial score (nSPS) is 11.9. The van der Waals surface area contributed by atoms with Crippen molar-refractivity contribution in [2.24, 2.45) is 0 Å². The summed E-state index contributed by atoms with van der Waals surface area (Å²) >= 11 is 0. The summed E-state index contributed by atoms with van der Waals surface area (Å²) in [7, 11) is -1.02. The molecule has 10 heteroatoms. The van der Waals surface area contributed by atoms with Crippen molar-refractivity contribution in [3.05, 3.63) is 53.6 Å². The number of likely N-dealkylation sites (N-methyl/N-ethyl adjacent to an activating group) is 1. The molecule has 1 N–H and O–H groups in total. The van der Waals surface area contributed by atoms with E-state index in [0.29, 0.717) is 18.7 Å². The third-order valence-corrected chi connectivity index (χ3v) is 6.80. The van der Waals surface area contributed by atoms with Crippen LogP contribution in [-0.4, -0.2) is 64.7 Å². The van der Waals surface area contributed by atoms with Crippen LogP contribution in [0.3, 0.4) is 0 Å². The SMILES string of the molecule is CCNC(=O)[C@@H](CC)N(Cc1ccccc1C)C(=O)CN(c1cc(OC)ccc1OC)S(C)(=O)=O. The van der Waals surface area contributed by atoms with Crippen molar-refractivity contribution < 1.29 is 27.5 Å². The number of hydrogen-bond acceptors (Lipinski definition) is 6. The predicted molar refractivity (Wildman–Crippen MR) is 136 cm³/mol. The van der Waals surface area contributed by atoms with Crippen molar-refractivity contribution in [3.8, 4) is 11.5 Å². The van der Waals surface area contributed by atoms with Gasteiger partial charge in [0.05, 0.1) is 26.2 Å². The summed E-state index contributed by atoms with van der Waals surface area (Å²) in [5, 5.41) is 2.78. The molecule has 35 heavy (non-hydrogen) atoms. The molecule has 0 saturated carbocycles. The standard InChI is InChI=1S/C25H35N3O6S/c1-7-21(25(30)26-8-2)27(16-19-12-10-9-11-18(19)3)24(29)17-28(35(6,31)32)22-15-20(33-4)13-14-23(22)34-5/h9-15,21H,7-8,16-17H2,1-6H3,(H,26,30)/t21-/m1/s1. The number of rotatable bonds is 12. The van der Waals surface area contributed by atoms with Gasteiger partial charge in [0.25, 0.3) is 0 Å². The van der Waals surface area contributed by atoms with Gasteiger partial charge in [-0.15, -0.1) is 0 Å². The molecule has 0 radical (unpaired) electrons. The van der Waals surface area contributed by atoms with E-state index in [4.69, 9.17) is 9.47 Å². The highest BCUT2D eigenvalue weighted by Gasteiger charge is 2.32. The number of nitrogens with one attached hydrogen (secondary N) is 1. The number of carbonyl (C=O) groups excluding carboxylic acids is 2. The van der Waals surface area contributed by atoms with Crippen molar-refractivity contribution >= 4 is 27.5 Å². The molecular weight excluding hydrogens is 470 g/mol. The van der Waals surface area contributed by atoms with E-state index >= 15 is 0 Å². The Kier molecular flexibility index (Phi) is 9.94. The van der Waals surface area contributed by atoms with E-state index in [2.05, 4.69) is 5.32 Å². The van der Waals surface area contributed by atoms with Crippen LogP contribution >= 0.6 is 0 Å². The fourth-order valence-corrected chi connectivity index (χ4v) is 4.61. The van der Waals surface area contributed by atoms with Crippen molar-refractivity contribution in [3.63, 3.8) is 0 Å². The van der Waals surface area contributed by atoms with Crippen molar-refractivity contribution in [1.29, 1.82) is 0 Å². The highest BCUT2D eigenvalue weighted by molar-refractivity contribution is 7.92. The first-order chi connectivity index (χ1) is 16.6. The number of benzene rings is 2. The molecule has 192 valence electrons. The molecule has 0 spiro atoms. The van der Waals surface area contributed by atoms with Crippen molar-refractivity contribution in [2.75, 3.05) is 37.9 Å². The zero-order valence-corrected chi connectivity index (χ0v) is 22.0. The maximum Gasteiger partial charge on any atom is 0.244 e. The van der Waals surface area contributed by atoms with Crippen LogP contribution in [0.2, 0.25) is 0 Å². The molecular formula is C25H35N3O6S. The molecule has 2 aromatic rings. The lowest BCUT2D eigenvalue weighted by Crippen LogP contribution is -2.52. The monoisotopic (exact) mass is 505 g/mol. The van der Waals surface area contributed by atoms with E-state index in [0.717, 1.165) is 21.7 Å².